The van der Waals surface area contributed by atoms with Crippen molar-refractivity contribution in [1.29, 1.82) is 0 Å². The Morgan fingerprint density at radius 2 is 2.04 bits per heavy atom. The summed E-state index contributed by atoms with van der Waals surface area (Å²) in [6.45, 7) is 4.44. The number of nitrogens with zero attached hydrogens (tertiary/aromatic N) is 7. The van der Waals surface area contributed by atoms with Crippen molar-refractivity contribution in [2.75, 3.05) is 6.61 Å². The van der Waals surface area contributed by atoms with Gasteiger partial charge < -0.3 is 10.1 Å². The maximum atomic E-state index is 12.6. The van der Waals surface area contributed by atoms with Crippen molar-refractivity contribution in [3.8, 4) is 11.7 Å². The van der Waals surface area contributed by atoms with Crippen molar-refractivity contribution < 1.29 is 9.53 Å². The van der Waals surface area contributed by atoms with Gasteiger partial charge in [-0.1, -0.05) is 6.07 Å². The van der Waals surface area contributed by atoms with E-state index in [-0.39, 0.29) is 12.5 Å². The Morgan fingerprint density at radius 3 is 2.82 bits per heavy atom. The number of rotatable bonds is 6. The van der Waals surface area contributed by atoms with Gasteiger partial charge in [-0.25, -0.2) is 4.68 Å². The molecule has 10 heteroatoms. The summed E-state index contributed by atoms with van der Waals surface area (Å²) in [5, 5.41) is 23.4. The third kappa shape index (κ3) is 3.27. The molecule has 1 amide bonds. The standard InChI is InChI=1S/C18H18N8O2/c1-3-28-17-8-7-15(22-24-17)26-12(2)13(10-20-26)18(27)19-11-16-23-21-14-6-4-5-9-25(14)16/h4-10H,3,11H2,1-2H3,(H,19,27). The van der Waals surface area contributed by atoms with Crippen LogP contribution in [0.4, 0.5) is 0 Å². The van der Waals surface area contributed by atoms with Gasteiger partial charge in [0.2, 0.25) is 5.88 Å². The number of hydrogen-bond acceptors (Lipinski definition) is 7. The van der Waals surface area contributed by atoms with Gasteiger partial charge >= 0.3 is 0 Å². The monoisotopic (exact) mass is 378 g/mol. The lowest BCUT2D eigenvalue weighted by Crippen LogP contribution is -2.24. The van der Waals surface area contributed by atoms with Crippen LogP contribution in [0.2, 0.25) is 0 Å². The van der Waals surface area contributed by atoms with Crippen molar-refractivity contribution in [2.24, 2.45) is 0 Å². The molecule has 0 unspecified atom stereocenters. The summed E-state index contributed by atoms with van der Waals surface area (Å²) in [5.74, 6) is 1.33. The maximum absolute atomic E-state index is 12.6. The molecule has 28 heavy (non-hydrogen) atoms. The molecular weight excluding hydrogens is 360 g/mol. The topological polar surface area (TPSA) is 112 Å². The van der Waals surface area contributed by atoms with Crippen LogP contribution in [0.25, 0.3) is 11.5 Å². The minimum Gasteiger partial charge on any atom is -0.477 e. The summed E-state index contributed by atoms with van der Waals surface area (Å²) in [4.78, 5) is 12.6. The SMILES string of the molecule is CCOc1ccc(-n2ncc(C(=O)NCc3nnc4ccccn34)c2C)nn1. The summed E-state index contributed by atoms with van der Waals surface area (Å²) in [6.07, 6.45) is 3.36. The minimum atomic E-state index is -0.254. The van der Waals surface area contributed by atoms with E-state index in [9.17, 15) is 4.79 Å². The number of pyridine rings is 1. The average molecular weight is 378 g/mol. The molecular formula is C18H18N8O2. The molecule has 0 atom stereocenters. The highest BCUT2D eigenvalue weighted by atomic mass is 16.5. The van der Waals surface area contributed by atoms with Crippen molar-refractivity contribution in [1.82, 2.24) is 39.9 Å². The molecule has 0 aromatic carbocycles. The summed E-state index contributed by atoms with van der Waals surface area (Å²) >= 11 is 0. The van der Waals surface area contributed by atoms with Crippen molar-refractivity contribution in [3.05, 3.63) is 59.8 Å². The summed E-state index contributed by atoms with van der Waals surface area (Å²) < 4.78 is 8.67. The zero-order valence-corrected chi connectivity index (χ0v) is 15.4. The Hall–Kier alpha value is -3.82. The van der Waals surface area contributed by atoms with E-state index in [1.807, 2.05) is 35.7 Å². The number of carbonyl (C=O) groups is 1. The Kier molecular flexibility index (Phi) is 4.67. The van der Waals surface area contributed by atoms with Crippen LogP contribution in [-0.4, -0.2) is 47.1 Å². The number of nitrogens with one attached hydrogen (secondary N) is 1. The number of carbonyl (C=O) groups excluding carboxylic acids is 1. The molecule has 0 saturated carbocycles. The molecule has 10 nitrogen and oxygen atoms in total. The third-order valence-corrected chi connectivity index (χ3v) is 4.18. The largest absolute Gasteiger partial charge is 0.477 e. The van der Waals surface area contributed by atoms with Gasteiger partial charge in [-0.15, -0.1) is 20.4 Å². The van der Waals surface area contributed by atoms with Gasteiger partial charge in [-0.05, 0) is 32.0 Å². The molecule has 0 saturated heterocycles. The van der Waals surface area contributed by atoms with Gasteiger partial charge in [0.05, 0.1) is 30.6 Å². The van der Waals surface area contributed by atoms with E-state index >= 15 is 0 Å². The number of amides is 1. The average Bonchev–Trinajstić information content (AvgIpc) is 3.31. The van der Waals surface area contributed by atoms with Crippen LogP contribution >= 0.6 is 0 Å². The van der Waals surface area contributed by atoms with Gasteiger partial charge in [0.15, 0.2) is 17.3 Å². The fourth-order valence-electron chi connectivity index (χ4n) is 2.78. The molecule has 142 valence electrons. The highest BCUT2D eigenvalue weighted by molar-refractivity contribution is 5.95. The van der Waals surface area contributed by atoms with Gasteiger partial charge in [0.1, 0.15) is 0 Å². The highest BCUT2D eigenvalue weighted by Gasteiger charge is 2.17. The van der Waals surface area contributed by atoms with Gasteiger partial charge in [0, 0.05) is 12.3 Å². The predicted octanol–water partition coefficient (Wildman–Crippen LogP) is 1.34. The first kappa shape index (κ1) is 17.6. The third-order valence-electron chi connectivity index (χ3n) is 4.18. The Labute approximate surface area is 160 Å². The van der Waals surface area contributed by atoms with Gasteiger partial charge in [-0.3, -0.25) is 9.20 Å². The summed E-state index contributed by atoms with van der Waals surface area (Å²) in [6, 6.07) is 9.07. The Balaban J connectivity index is 1.49. The van der Waals surface area contributed by atoms with Crippen LogP contribution in [0, 0.1) is 6.92 Å². The van der Waals surface area contributed by atoms with Gasteiger partial charge in [0.25, 0.3) is 5.91 Å². The second-order valence-electron chi connectivity index (χ2n) is 5.95. The number of ether oxygens (including phenoxy) is 1. The van der Waals surface area contributed by atoms with Gasteiger partial charge in [-0.2, -0.15) is 5.10 Å². The van der Waals surface area contributed by atoms with Crippen molar-refractivity contribution >= 4 is 11.6 Å². The molecule has 0 fully saturated rings. The number of aromatic nitrogens is 7. The van der Waals surface area contributed by atoms with Crippen LogP contribution in [0.1, 0.15) is 28.8 Å². The fraction of sp³-hybridized carbons (Fsp3) is 0.222. The minimum absolute atomic E-state index is 0.248. The number of fused-ring (bicyclic) bond motifs is 1. The van der Waals surface area contributed by atoms with E-state index in [0.29, 0.717) is 35.4 Å². The van der Waals surface area contributed by atoms with E-state index < -0.39 is 0 Å². The van der Waals surface area contributed by atoms with Crippen molar-refractivity contribution in [2.45, 2.75) is 20.4 Å². The first-order chi connectivity index (χ1) is 13.7. The first-order valence-corrected chi connectivity index (χ1v) is 8.75. The second-order valence-corrected chi connectivity index (χ2v) is 5.95. The molecule has 0 bridgehead atoms. The highest BCUT2D eigenvalue weighted by Crippen LogP contribution is 2.14. The lowest BCUT2D eigenvalue weighted by atomic mass is 10.2. The lowest BCUT2D eigenvalue weighted by Gasteiger charge is -2.06. The Morgan fingerprint density at radius 1 is 1.14 bits per heavy atom. The lowest BCUT2D eigenvalue weighted by molar-refractivity contribution is 0.0949. The summed E-state index contributed by atoms with van der Waals surface area (Å²) in [7, 11) is 0. The molecule has 4 rings (SSSR count). The summed E-state index contributed by atoms with van der Waals surface area (Å²) in [5.41, 5.74) is 1.83. The maximum Gasteiger partial charge on any atom is 0.255 e. The fourth-order valence-corrected chi connectivity index (χ4v) is 2.78. The molecule has 4 aromatic rings. The zero-order valence-electron chi connectivity index (χ0n) is 15.4. The molecule has 4 aromatic heterocycles. The van der Waals surface area contributed by atoms with Crippen LogP contribution in [0.15, 0.2) is 42.7 Å². The quantitative estimate of drug-likeness (QED) is 0.539. The van der Waals surface area contributed by atoms with E-state index in [2.05, 4.69) is 30.8 Å². The first-order valence-electron chi connectivity index (χ1n) is 8.75. The molecule has 0 aliphatic carbocycles. The molecule has 4 heterocycles. The van der Waals surface area contributed by atoms with E-state index in [1.165, 1.54) is 6.20 Å². The molecule has 0 radical (unpaired) electrons. The molecule has 0 aliphatic rings. The predicted molar refractivity (Wildman–Crippen MR) is 99.2 cm³/mol. The van der Waals surface area contributed by atoms with Crippen molar-refractivity contribution in [3.63, 3.8) is 0 Å². The molecule has 0 spiro atoms. The Bertz CT molecular complexity index is 1120. The van der Waals surface area contributed by atoms with Crippen LogP contribution in [0.3, 0.4) is 0 Å². The normalized spacial score (nSPS) is 10.9. The van der Waals surface area contributed by atoms with E-state index in [1.54, 1.807) is 23.7 Å². The zero-order chi connectivity index (χ0) is 19.5. The number of hydrogen-bond donors (Lipinski definition) is 1. The van der Waals surface area contributed by atoms with Crippen LogP contribution < -0.4 is 10.1 Å². The second kappa shape index (κ2) is 7.43. The van der Waals surface area contributed by atoms with E-state index in [0.717, 1.165) is 5.65 Å². The molecule has 1 N–H and O–H groups in total. The van der Waals surface area contributed by atoms with Crippen LogP contribution in [-0.2, 0) is 6.54 Å². The van der Waals surface area contributed by atoms with Crippen LogP contribution in [0.5, 0.6) is 5.88 Å². The molecule has 0 aliphatic heterocycles. The van der Waals surface area contributed by atoms with E-state index in [4.69, 9.17) is 4.74 Å². The smallest absolute Gasteiger partial charge is 0.255 e.